The topological polar surface area (TPSA) is 57.6 Å². The highest BCUT2D eigenvalue weighted by Gasteiger charge is 2.25. The van der Waals surface area contributed by atoms with E-state index in [4.69, 9.17) is 5.11 Å². The van der Waals surface area contributed by atoms with E-state index in [2.05, 4.69) is 6.92 Å². The minimum Gasteiger partial charge on any atom is -0.481 e. The highest BCUT2D eigenvalue weighted by Crippen LogP contribution is 2.21. The number of carbonyl (C=O) groups is 2. The Bertz CT molecular complexity index is 296. The van der Waals surface area contributed by atoms with E-state index in [1.165, 1.54) is 18.2 Å². The van der Waals surface area contributed by atoms with E-state index in [1.54, 1.807) is 6.92 Å². The van der Waals surface area contributed by atoms with E-state index in [9.17, 15) is 9.59 Å². The van der Waals surface area contributed by atoms with Gasteiger partial charge in [-0.15, -0.1) is 0 Å². The Morgan fingerprint density at radius 2 is 2.17 bits per heavy atom. The first-order valence-corrected chi connectivity index (χ1v) is 7.81. The van der Waals surface area contributed by atoms with Crippen molar-refractivity contribution in [2.45, 2.75) is 45.6 Å². The highest BCUT2D eigenvalue weighted by molar-refractivity contribution is 7.99. The number of aliphatic carboxylic acids is 1. The molecule has 2 unspecified atom stereocenters. The van der Waals surface area contributed by atoms with Gasteiger partial charge in [0.15, 0.2) is 0 Å². The van der Waals surface area contributed by atoms with Crippen molar-refractivity contribution in [1.82, 2.24) is 4.90 Å². The molecule has 2 atom stereocenters. The summed E-state index contributed by atoms with van der Waals surface area (Å²) in [4.78, 5) is 24.7. The zero-order valence-electron chi connectivity index (χ0n) is 11.2. The minimum absolute atomic E-state index is 0.170. The van der Waals surface area contributed by atoms with E-state index in [-0.39, 0.29) is 11.8 Å². The van der Waals surface area contributed by atoms with Gasteiger partial charge in [0.25, 0.3) is 0 Å². The van der Waals surface area contributed by atoms with Crippen LogP contribution in [0.3, 0.4) is 0 Å². The molecule has 0 aliphatic carbocycles. The average Bonchev–Trinajstić information content (AvgIpc) is 2.38. The number of amides is 1. The smallest absolute Gasteiger partial charge is 0.307 e. The van der Waals surface area contributed by atoms with Crippen molar-refractivity contribution < 1.29 is 14.7 Å². The summed E-state index contributed by atoms with van der Waals surface area (Å²) in [5, 5.41) is 8.77. The third-order valence-corrected chi connectivity index (χ3v) is 4.62. The van der Waals surface area contributed by atoms with Crippen molar-refractivity contribution in [2.75, 3.05) is 18.1 Å². The molecular formula is C13H23NO3S. The first-order chi connectivity index (χ1) is 8.56. The number of rotatable bonds is 6. The van der Waals surface area contributed by atoms with Gasteiger partial charge in [0, 0.05) is 18.3 Å². The van der Waals surface area contributed by atoms with E-state index in [0.717, 1.165) is 25.8 Å². The molecule has 0 aromatic carbocycles. The second-order valence-electron chi connectivity index (χ2n) is 4.90. The fraction of sp³-hybridized carbons (Fsp3) is 0.846. The number of carboxylic acid groups (broad SMARTS) is 1. The summed E-state index contributed by atoms with van der Waals surface area (Å²) in [6.45, 7) is 4.66. The maximum absolute atomic E-state index is 12.1. The minimum atomic E-state index is -0.792. The van der Waals surface area contributed by atoms with Crippen LogP contribution in [0.5, 0.6) is 0 Å². The average molecular weight is 273 g/mol. The highest BCUT2D eigenvalue weighted by atomic mass is 32.2. The van der Waals surface area contributed by atoms with Gasteiger partial charge in [-0.2, -0.15) is 11.8 Å². The Balaban J connectivity index is 2.33. The number of hydrogen-bond donors (Lipinski definition) is 1. The fourth-order valence-corrected chi connectivity index (χ4v) is 3.19. The third-order valence-electron chi connectivity index (χ3n) is 3.43. The summed E-state index contributed by atoms with van der Waals surface area (Å²) < 4.78 is 0. The predicted molar refractivity (Wildman–Crippen MR) is 73.8 cm³/mol. The first kappa shape index (κ1) is 15.3. The lowest BCUT2D eigenvalue weighted by Gasteiger charge is -2.35. The summed E-state index contributed by atoms with van der Waals surface area (Å²) in [6, 6.07) is 0.392. The third kappa shape index (κ3) is 4.52. The molecule has 0 saturated carbocycles. The molecular weight excluding hydrogens is 250 g/mol. The molecule has 5 heteroatoms. The van der Waals surface area contributed by atoms with E-state index in [0.29, 0.717) is 17.5 Å². The lowest BCUT2D eigenvalue weighted by atomic mass is 10.0. The molecule has 1 aliphatic heterocycles. The molecule has 1 saturated heterocycles. The maximum atomic E-state index is 12.1. The summed E-state index contributed by atoms with van der Waals surface area (Å²) in [7, 11) is 0. The van der Waals surface area contributed by atoms with Crippen LogP contribution >= 0.6 is 11.8 Å². The standard InChI is InChI=1S/C13H23NO3S/c1-3-11-6-4-5-7-14(11)12(15)9-18-8-10(2)13(16)17/h10-11H,3-9H2,1-2H3,(H,16,17). The van der Waals surface area contributed by atoms with E-state index in [1.807, 2.05) is 4.90 Å². The molecule has 0 spiro atoms. The van der Waals surface area contributed by atoms with E-state index >= 15 is 0 Å². The van der Waals surface area contributed by atoms with Crippen LogP contribution in [-0.2, 0) is 9.59 Å². The van der Waals surface area contributed by atoms with Gasteiger partial charge in [-0.1, -0.05) is 13.8 Å². The summed E-state index contributed by atoms with van der Waals surface area (Å²) >= 11 is 1.43. The van der Waals surface area contributed by atoms with Crippen LogP contribution in [0, 0.1) is 5.92 Å². The summed E-state index contributed by atoms with van der Waals surface area (Å²) in [5.41, 5.74) is 0. The maximum Gasteiger partial charge on any atom is 0.307 e. The largest absolute Gasteiger partial charge is 0.481 e. The van der Waals surface area contributed by atoms with Gasteiger partial charge in [0.1, 0.15) is 0 Å². The monoisotopic (exact) mass is 273 g/mol. The second kappa shape index (κ2) is 7.67. The van der Waals surface area contributed by atoms with Gasteiger partial charge in [-0.25, -0.2) is 0 Å². The zero-order valence-corrected chi connectivity index (χ0v) is 12.0. The molecule has 1 aliphatic rings. The SMILES string of the molecule is CCC1CCCCN1C(=O)CSCC(C)C(=O)O. The Kier molecular flexibility index (Phi) is 6.54. The summed E-state index contributed by atoms with van der Waals surface area (Å²) in [6.07, 6.45) is 4.43. The Morgan fingerprint density at radius 1 is 1.44 bits per heavy atom. The molecule has 104 valence electrons. The normalized spacial score (nSPS) is 21.7. The molecule has 1 fully saturated rings. The van der Waals surface area contributed by atoms with Crippen molar-refractivity contribution in [3.05, 3.63) is 0 Å². The van der Waals surface area contributed by atoms with Crippen molar-refractivity contribution in [2.24, 2.45) is 5.92 Å². The number of piperidine rings is 1. The van der Waals surface area contributed by atoms with Gasteiger partial charge < -0.3 is 10.0 Å². The van der Waals surface area contributed by atoms with Gasteiger partial charge in [0.05, 0.1) is 11.7 Å². The number of hydrogen-bond acceptors (Lipinski definition) is 3. The van der Waals surface area contributed by atoms with Crippen molar-refractivity contribution in [3.8, 4) is 0 Å². The number of carboxylic acids is 1. The summed E-state index contributed by atoms with van der Waals surface area (Å²) in [5.74, 6) is -0.0885. The molecule has 1 rings (SSSR count). The Labute approximate surface area is 113 Å². The number of carbonyl (C=O) groups excluding carboxylic acids is 1. The quantitative estimate of drug-likeness (QED) is 0.806. The molecule has 0 aromatic rings. The fourth-order valence-electron chi connectivity index (χ4n) is 2.23. The van der Waals surface area contributed by atoms with Gasteiger partial charge in [-0.05, 0) is 25.7 Å². The van der Waals surface area contributed by atoms with Crippen molar-refractivity contribution in [3.63, 3.8) is 0 Å². The number of likely N-dealkylation sites (tertiary alicyclic amines) is 1. The molecule has 1 amide bonds. The zero-order chi connectivity index (χ0) is 13.5. The first-order valence-electron chi connectivity index (χ1n) is 6.66. The van der Waals surface area contributed by atoms with Crippen LogP contribution in [0.25, 0.3) is 0 Å². The molecule has 0 aromatic heterocycles. The van der Waals surface area contributed by atoms with Gasteiger partial charge in [0.2, 0.25) is 5.91 Å². The van der Waals surface area contributed by atoms with E-state index < -0.39 is 5.97 Å². The second-order valence-corrected chi connectivity index (χ2v) is 5.93. The van der Waals surface area contributed by atoms with Crippen LogP contribution in [0.15, 0.2) is 0 Å². The van der Waals surface area contributed by atoms with Gasteiger partial charge in [-0.3, -0.25) is 9.59 Å². The van der Waals surface area contributed by atoms with Crippen LogP contribution in [-0.4, -0.2) is 46.0 Å². The Hall–Kier alpha value is -0.710. The number of nitrogens with zero attached hydrogens (tertiary/aromatic N) is 1. The van der Waals surface area contributed by atoms with Crippen LogP contribution in [0.4, 0.5) is 0 Å². The number of thioether (sulfide) groups is 1. The molecule has 18 heavy (non-hydrogen) atoms. The molecule has 0 radical (unpaired) electrons. The van der Waals surface area contributed by atoms with Gasteiger partial charge >= 0.3 is 5.97 Å². The lowest BCUT2D eigenvalue weighted by molar-refractivity contribution is -0.140. The molecule has 1 heterocycles. The van der Waals surface area contributed by atoms with Crippen molar-refractivity contribution >= 4 is 23.6 Å². The Morgan fingerprint density at radius 3 is 2.78 bits per heavy atom. The predicted octanol–water partition coefficient (Wildman–Crippen LogP) is 2.23. The lowest BCUT2D eigenvalue weighted by Crippen LogP contribution is -2.44. The molecule has 1 N–H and O–H groups in total. The molecule has 0 bridgehead atoms. The van der Waals surface area contributed by atoms with Crippen LogP contribution in [0.2, 0.25) is 0 Å². The van der Waals surface area contributed by atoms with Crippen LogP contribution < -0.4 is 0 Å². The molecule has 4 nitrogen and oxygen atoms in total. The van der Waals surface area contributed by atoms with Crippen molar-refractivity contribution in [1.29, 1.82) is 0 Å². The van der Waals surface area contributed by atoms with Crippen LogP contribution in [0.1, 0.15) is 39.5 Å².